The molecule has 1 aromatic heterocycles. The van der Waals surface area contributed by atoms with Crippen molar-refractivity contribution in [1.29, 1.82) is 0 Å². The fourth-order valence-corrected chi connectivity index (χ4v) is 2.27. The highest BCUT2D eigenvalue weighted by Crippen LogP contribution is 2.18. The molecule has 0 aromatic carbocycles. The summed E-state index contributed by atoms with van der Waals surface area (Å²) in [5.41, 5.74) is -0.0266. The zero-order valence-electron chi connectivity index (χ0n) is 11.7. The topological polar surface area (TPSA) is 76.5 Å². The van der Waals surface area contributed by atoms with Gasteiger partial charge in [-0.1, -0.05) is 6.92 Å². The summed E-state index contributed by atoms with van der Waals surface area (Å²) in [6, 6.07) is 0.570. The number of hydrogen-bond donors (Lipinski definition) is 1. The minimum atomic E-state index is -2.99. The highest BCUT2D eigenvalue weighted by molar-refractivity contribution is 5.97. The lowest BCUT2D eigenvalue weighted by Crippen LogP contribution is -2.57. The smallest absolute Gasteiger partial charge is 0.388 e. The number of halogens is 2. The molecule has 7 nitrogen and oxygen atoms in total. The Morgan fingerprint density at radius 3 is 2.95 bits per heavy atom. The van der Waals surface area contributed by atoms with Crippen LogP contribution in [0.1, 0.15) is 23.8 Å². The van der Waals surface area contributed by atoms with E-state index < -0.39 is 18.6 Å². The van der Waals surface area contributed by atoms with E-state index >= 15 is 0 Å². The molecule has 1 aromatic rings. The maximum atomic E-state index is 12.4. The largest absolute Gasteiger partial charge is 0.417 e. The van der Waals surface area contributed by atoms with Gasteiger partial charge in [-0.2, -0.15) is 13.9 Å². The van der Waals surface area contributed by atoms with Crippen LogP contribution in [0.3, 0.4) is 0 Å². The summed E-state index contributed by atoms with van der Waals surface area (Å²) in [5.74, 6) is -0.906. The number of piperazine rings is 1. The molecule has 0 aliphatic carbocycles. The van der Waals surface area contributed by atoms with Gasteiger partial charge in [0.25, 0.3) is 5.91 Å². The molecule has 1 aliphatic rings. The molecule has 1 N–H and O–H groups in total. The molecular formula is C12H16F2N4O3. The Morgan fingerprint density at radius 2 is 2.33 bits per heavy atom. The summed E-state index contributed by atoms with van der Waals surface area (Å²) in [6.07, 6.45) is 0.463. The van der Waals surface area contributed by atoms with Crippen molar-refractivity contribution in [3.8, 4) is 5.88 Å². The molecular weight excluding hydrogens is 286 g/mol. The molecule has 1 fully saturated rings. The van der Waals surface area contributed by atoms with Crippen LogP contribution < -0.4 is 10.1 Å². The average molecular weight is 302 g/mol. The normalized spacial score (nSPS) is 18.8. The first kappa shape index (κ1) is 15.2. The molecule has 2 amide bonds. The van der Waals surface area contributed by atoms with E-state index in [-0.39, 0.29) is 17.5 Å². The van der Waals surface area contributed by atoms with E-state index in [4.69, 9.17) is 0 Å². The Morgan fingerprint density at radius 1 is 1.62 bits per heavy atom. The third-order valence-electron chi connectivity index (χ3n) is 3.24. The SMILES string of the molecule is CCC1C(=O)NCCN1C(=O)c1cc(OC(F)F)n(C)n1. The quantitative estimate of drug-likeness (QED) is 0.872. The van der Waals surface area contributed by atoms with Crippen molar-refractivity contribution in [2.45, 2.75) is 26.0 Å². The van der Waals surface area contributed by atoms with Crippen LogP contribution in [0.4, 0.5) is 8.78 Å². The standard InChI is InChI=1S/C12H16F2N4O3/c1-3-8-10(19)15-4-5-18(8)11(20)7-6-9(17(2)16-7)21-12(13)14/h6,8,12H,3-5H2,1-2H3,(H,15,19). The van der Waals surface area contributed by atoms with Gasteiger partial charge in [0.2, 0.25) is 11.8 Å². The van der Waals surface area contributed by atoms with Gasteiger partial charge in [0.1, 0.15) is 6.04 Å². The summed E-state index contributed by atoms with van der Waals surface area (Å²) in [4.78, 5) is 25.5. The van der Waals surface area contributed by atoms with E-state index in [0.717, 1.165) is 10.7 Å². The van der Waals surface area contributed by atoms with Gasteiger partial charge in [-0.05, 0) is 6.42 Å². The molecule has 9 heteroatoms. The van der Waals surface area contributed by atoms with Crippen molar-refractivity contribution in [3.05, 3.63) is 11.8 Å². The van der Waals surface area contributed by atoms with Gasteiger partial charge in [0.05, 0.1) is 0 Å². The Bertz CT molecular complexity index is 547. The molecule has 2 rings (SSSR count). The molecule has 21 heavy (non-hydrogen) atoms. The summed E-state index contributed by atoms with van der Waals surface area (Å²) < 4.78 is 29.8. The number of ether oxygens (including phenoxy) is 1. The average Bonchev–Trinajstić information content (AvgIpc) is 2.78. The second kappa shape index (κ2) is 6.06. The van der Waals surface area contributed by atoms with Gasteiger partial charge in [-0.15, -0.1) is 0 Å². The number of rotatable bonds is 4. The first-order valence-corrected chi connectivity index (χ1v) is 6.51. The molecule has 1 saturated heterocycles. The molecule has 1 aliphatic heterocycles. The molecule has 1 unspecified atom stereocenters. The number of alkyl halides is 2. The van der Waals surface area contributed by atoms with Crippen molar-refractivity contribution >= 4 is 11.8 Å². The molecule has 0 bridgehead atoms. The summed E-state index contributed by atoms with van der Waals surface area (Å²) >= 11 is 0. The maximum Gasteiger partial charge on any atom is 0.388 e. The minimum Gasteiger partial charge on any atom is -0.417 e. The molecule has 2 heterocycles. The Balaban J connectivity index is 2.21. The first-order valence-electron chi connectivity index (χ1n) is 6.51. The number of hydrogen-bond acceptors (Lipinski definition) is 4. The zero-order valence-corrected chi connectivity index (χ0v) is 11.7. The van der Waals surface area contributed by atoms with Crippen molar-refractivity contribution in [2.24, 2.45) is 7.05 Å². The third-order valence-corrected chi connectivity index (χ3v) is 3.24. The van der Waals surface area contributed by atoms with E-state index in [0.29, 0.717) is 19.5 Å². The summed E-state index contributed by atoms with van der Waals surface area (Å²) in [6.45, 7) is -0.494. The summed E-state index contributed by atoms with van der Waals surface area (Å²) in [5, 5.41) is 6.55. The molecule has 0 spiro atoms. The third kappa shape index (κ3) is 3.11. The van der Waals surface area contributed by atoms with Gasteiger partial charge < -0.3 is 15.0 Å². The van der Waals surface area contributed by atoms with Crippen LogP contribution in [-0.4, -0.2) is 52.2 Å². The first-order chi connectivity index (χ1) is 9.93. The van der Waals surface area contributed by atoms with Crippen LogP contribution in [0, 0.1) is 0 Å². The number of amides is 2. The van der Waals surface area contributed by atoms with Crippen LogP contribution in [0.25, 0.3) is 0 Å². The van der Waals surface area contributed by atoms with Crippen molar-refractivity contribution in [1.82, 2.24) is 20.0 Å². The summed E-state index contributed by atoms with van der Waals surface area (Å²) in [7, 11) is 1.40. The number of aryl methyl sites for hydroxylation is 1. The van der Waals surface area contributed by atoms with Crippen molar-refractivity contribution < 1.29 is 23.1 Å². The highest BCUT2D eigenvalue weighted by atomic mass is 19.3. The number of aromatic nitrogens is 2. The lowest BCUT2D eigenvalue weighted by Gasteiger charge is -2.33. The van der Waals surface area contributed by atoms with E-state index in [9.17, 15) is 18.4 Å². The predicted octanol–water partition coefficient (Wildman–Crippen LogP) is 0.372. The van der Waals surface area contributed by atoms with E-state index in [1.54, 1.807) is 6.92 Å². The maximum absolute atomic E-state index is 12.4. The molecule has 0 saturated carbocycles. The second-order valence-corrected chi connectivity index (χ2v) is 4.58. The number of nitrogens with one attached hydrogen (secondary N) is 1. The van der Waals surface area contributed by atoms with E-state index in [1.165, 1.54) is 11.9 Å². The fourth-order valence-electron chi connectivity index (χ4n) is 2.27. The lowest BCUT2D eigenvalue weighted by atomic mass is 10.1. The van der Waals surface area contributed by atoms with E-state index in [2.05, 4.69) is 15.2 Å². The van der Waals surface area contributed by atoms with E-state index in [1.807, 2.05) is 0 Å². The highest BCUT2D eigenvalue weighted by Gasteiger charge is 2.33. The fraction of sp³-hybridized carbons (Fsp3) is 0.583. The Labute approximate surface area is 119 Å². The van der Waals surface area contributed by atoms with Gasteiger partial charge in [-0.25, -0.2) is 4.68 Å². The van der Waals surface area contributed by atoms with Crippen molar-refractivity contribution in [3.63, 3.8) is 0 Å². The number of carbonyl (C=O) groups is 2. The predicted molar refractivity (Wildman–Crippen MR) is 68.0 cm³/mol. The van der Waals surface area contributed by atoms with Gasteiger partial charge in [-0.3, -0.25) is 9.59 Å². The molecule has 0 radical (unpaired) electrons. The molecule has 116 valence electrons. The zero-order chi connectivity index (χ0) is 15.6. The van der Waals surface area contributed by atoms with Crippen LogP contribution in [0.2, 0.25) is 0 Å². The minimum absolute atomic E-state index is 0.0266. The van der Waals surface area contributed by atoms with Crippen LogP contribution >= 0.6 is 0 Å². The van der Waals surface area contributed by atoms with Crippen LogP contribution in [0.15, 0.2) is 6.07 Å². The monoisotopic (exact) mass is 302 g/mol. The van der Waals surface area contributed by atoms with Crippen LogP contribution in [-0.2, 0) is 11.8 Å². The Kier molecular flexibility index (Phi) is 4.39. The van der Waals surface area contributed by atoms with Crippen LogP contribution in [0.5, 0.6) is 5.88 Å². The molecule has 1 atom stereocenters. The van der Waals surface area contributed by atoms with Crippen molar-refractivity contribution in [2.75, 3.05) is 13.1 Å². The Hall–Kier alpha value is -2.19. The van der Waals surface area contributed by atoms with Gasteiger partial charge in [0.15, 0.2) is 5.69 Å². The number of carbonyl (C=O) groups excluding carboxylic acids is 2. The number of nitrogens with zero attached hydrogens (tertiary/aromatic N) is 3. The van der Waals surface area contributed by atoms with Gasteiger partial charge >= 0.3 is 6.61 Å². The second-order valence-electron chi connectivity index (χ2n) is 4.58. The van der Waals surface area contributed by atoms with Gasteiger partial charge in [0, 0.05) is 26.2 Å². The lowest BCUT2D eigenvalue weighted by molar-refractivity contribution is -0.127.